The van der Waals surface area contributed by atoms with Crippen LogP contribution in [-0.2, 0) is 13.0 Å². The molecule has 0 unspecified atom stereocenters. The highest BCUT2D eigenvalue weighted by atomic mass is 16.5. The second-order valence-electron chi connectivity index (χ2n) is 6.24. The van der Waals surface area contributed by atoms with Crippen LogP contribution in [0.5, 0.6) is 5.75 Å². The molecule has 0 radical (unpaired) electrons. The van der Waals surface area contributed by atoms with Crippen LogP contribution < -0.4 is 10.5 Å². The second kappa shape index (κ2) is 8.11. The molecule has 1 aromatic carbocycles. The van der Waals surface area contributed by atoms with Gasteiger partial charge in [-0.1, -0.05) is 12.1 Å². The number of ether oxygens (including phenoxy) is 1. The summed E-state index contributed by atoms with van der Waals surface area (Å²) in [7, 11) is 0. The van der Waals surface area contributed by atoms with E-state index in [9.17, 15) is 4.79 Å². The lowest BCUT2D eigenvalue weighted by Crippen LogP contribution is -2.40. The molecule has 0 spiro atoms. The Labute approximate surface area is 147 Å². The van der Waals surface area contributed by atoms with Crippen molar-refractivity contribution in [2.24, 2.45) is 11.7 Å². The summed E-state index contributed by atoms with van der Waals surface area (Å²) in [5, 5.41) is 3.84. The lowest BCUT2D eigenvalue weighted by molar-refractivity contribution is 0.0693. The van der Waals surface area contributed by atoms with Crippen LogP contribution in [0.15, 0.2) is 28.8 Å². The van der Waals surface area contributed by atoms with Gasteiger partial charge >= 0.3 is 0 Å². The van der Waals surface area contributed by atoms with E-state index in [-0.39, 0.29) is 12.5 Å². The van der Waals surface area contributed by atoms with Crippen LogP contribution in [0.3, 0.4) is 0 Å². The van der Waals surface area contributed by atoms with Gasteiger partial charge in [0, 0.05) is 25.1 Å². The van der Waals surface area contributed by atoms with E-state index in [1.807, 2.05) is 11.8 Å². The molecule has 25 heavy (non-hydrogen) atoms. The zero-order valence-electron chi connectivity index (χ0n) is 14.5. The Kier molecular flexibility index (Phi) is 5.65. The SMILES string of the molecule is CCc1nc(COc2ccc(C(=O)N3CCC(CN)CC3)cc2)no1. The quantitative estimate of drug-likeness (QED) is 0.861. The summed E-state index contributed by atoms with van der Waals surface area (Å²) in [5.74, 6) is 2.38. The van der Waals surface area contributed by atoms with Crippen molar-refractivity contribution in [3.63, 3.8) is 0 Å². The number of nitrogens with zero attached hydrogens (tertiary/aromatic N) is 3. The van der Waals surface area contributed by atoms with Crippen LogP contribution >= 0.6 is 0 Å². The fourth-order valence-corrected chi connectivity index (χ4v) is 2.89. The first-order chi connectivity index (χ1) is 12.2. The van der Waals surface area contributed by atoms with Crippen molar-refractivity contribution in [2.45, 2.75) is 32.8 Å². The maximum absolute atomic E-state index is 12.5. The third-order valence-electron chi connectivity index (χ3n) is 4.52. The van der Waals surface area contributed by atoms with Crippen LogP contribution in [0, 0.1) is 5.92 Å². The number of aryl methyl sites for hydroxylation is 1. The van der Waals surface area contributed by atoms with Gasteiger partial charge in [-0.15, -0.1) is 0 Å². The van der Waals surface area contributed by atoms with Gasteiger partial charge in [-0.05, 0) is 49.6 Å². The molecule has 1 saturated heterocycles. The van der Waals surface area contributed by atoms with Gasteiger partial charge in [-0.2, -0.15) is 4.98 Å². The minimum absolute atomic E-state index is 0.0628. The third-order valence-corrected chi connectivity index (χ3v) is 4.52. The maximum atomic E-state index is 12.5. The van der Waals surface area contributed by atoms with Gasteiger partial charge < -0.3 is 19.9 Å². The van der Waals surface area contributed by atoms with E-state index in [0.29, 0.717) is 41.9 Å². The molecule has 134 valence electrons. The second-order valence-corrected chi connectivity index (χ2v) is 6.24. The zero-order chi connectivity index (χ0) is 17.6. The Morgan fingerprint density at radius 3 is 2.64 bits per heavy atom. The number of piperidine rings is 1. The van der Waals surface area contributed by atoms with Crippen molar-refractivity contribution in [1.29, 1.82) is 0 Å². The van der Waals surface area contributed by atoms with Gasteiger partial charge in [0.05, 0.1) is 0 Å². The number of rotatable bonds is 6. The van der Waals surface area contributed by atoms with Crippen LogP contribution in [0.25, 0.3) is 0 Å². The number of aromatic nitrogens is 2. The maximum Gasteiger partial charge on any atom is 0.253 e. The smallest absolute Gasteiger partial charge is 0.253 e. The summed E-state index contributed by atoms with van der Waals surface area (Å²) in [4.78, 5) is 18.6. The Morgan fingerprint density at radius 2 is 2.04 bits per heavy atom. The fraction of sp³-hybridized carbons (Fsp3) is 0.500. The predicted molar refractivity (Wildman–Crippen MR) is 92.1 cm³/mol. The lowest BCUT2D eigenvalue weighted by Gasteiger charge is -2.31. The molecule has 1 fully saturated rings. The Bertz CT molecular complexity index is 691. The summed E-state index contributed by atoms with van der Waals surface area (Å²) >= 11 is 0. The van der Waals surface area contributed by atoms with Crippen molar-refractivity contribution < 1.29 is 14.1 Å². The summed E-state index contributed by atoms with van der Waals surface area (Å²) in [6.07, 6.45) is 2.66. The first-order valence-corrected chi connectivity index (χ1v) is 8.73. The number of nitrogens with two attached hydrogens (primary N) is 1. The standard InChI is InChI=1S/C18H24N4O3/c1-2-17-20-16(21-25-17)12-24-15-5-3-14(4-6-15)18(23)22-9-7-13(11-19)8-10-22/h3-6,13H,2,7-12,19H2,1H3. The highest BCUT2D eigenvalue weighted by Gasteiger charge is 2.22. The highest BCUT2D eigenvalue weighted by molar-refractivity contribution is 5.94. The summed E-state index contributed by atoms with van der Waals surface area (Å²) in [6.45, 7) is 4.44. The number of likely N-dealkylation sites (tertiary alicyclic amines) is 1. The zero-order valence-corrected chi connectivity index (χ0v) is 14.5. The van der Waals surface area contributed by atoms with Gasteiger partial charge in [-0.25, -0.2) is 0 Å². The van der Waals surface area contributed by atoms with Crippen molar-refractivity contribution in [3.8, 4) is 5.75 Å². The minimum atomic E-state index is 0.0628. The minimum Gasteiger partial charge on any atom is -0.485 e. The molecule has 1 aliphatic rings. The van der Waals surface area contributed by atoms with Crippen molar-refractivity contribution >= 4 is 5.91 Å². The normalized spacial score (nSPS) is 15.4. The van der Waals surface area contributed by atoms with E-state index in [1.165, 1.54) is 0 Å². The van der Waals surface area contributed by atoms with Gasteiger partial charge in [-0.3, -0.25) is 4.79 Å². The average Bonchev–Trinajstić information content (AvgIpc) is 3.14. The summed E-state index contributed by atoms with van der Waals surface area (Å²) in [5.41, 5.74) is 6.37. The number of carbonyl (C=O) groups is 1. The van der Waals surface area contributed by atoms with Crippen molar-refractivity contribution in [2.75, 3.05) is 19.6 Å². The highest BCUT2D eigenvalue weighted by Crippen LogP contribution is 2.20. The first kappa shape index (κ1) is 17.4. The van der Waals surface area contributed by atoms with Gasteiger partial charge in [0.1, 0.15) is 5.75 Å². The van der Waals surface area contributed by atoms with E-state index in [4.69, 9.17) is 15.0 Å². The van der Waals surface area contributed by atoms with E-state index in [1.54, 1.807) is 24.3 Å². The number of benzene rings is 1. The van der Waals surface area contributed by atoms with Crippen molar-refractivity contribution in [3.05, 3.63) is 41.5 Å². The Balaban J connectivity index is 1.53. The molecule has 0 atom stereocenters. The molecule has 1 aliphatic heterocycles. The molecule has 0 aliphatic carbocycles. The molecule has 2 heterocycles. The molecule has 1 aromatic heterocycles. The average molecular weight is 344 g/mol. The van der Waals surface area contributed by atoms with Crippen LogP contribution in [0.4, 0.5) is 0 Å². The monoisotopic (exact) mass is 344 g/mol. The number of hydrogen-bond acceptors (Lipinski definition) is 6. The van der Waals surface area contributed by atoms with Gasteiger partial charge in [0.2, 0.25) is 11.7 Å². The molecule has 2 N–H and O–H groups in total. The molecule has 7 heteroatoms. The van der Waals surface area contributed by atoms with E-state index >= 15 is 0 Å². The number of carbonyl (C=O) groups excluding carboxylic acids is 1. The number of amides is 1. The van der Waals surface area contributed by atoms with Crippen molar-refractivity contribution in [1.82, 2.24) is 15.0 Å². The largest absolute Gasteiger partial charge is 0.485 e. The van der Waals surface area contributed by atoms with E-state index in [0.717, 1.165) is 25.9 Å². The Hall–Kier alpha value is -2.41. The molecule has 0 saturated carbocycles. The first-order valence-electron chi connectivity index (χ1n) is 8.73. The summed E-state index contributed by atoms with van der Waals surface area (Å²) < 4.78 is 10.7. The predicted octanol–water partition coefficient (Wildman–Crippen LogP) is 2.02. The van der Waals surface area contributed by atoms with Crippen LogP contribution in [0.2, 0.25) is 0 Å². The molecule has 3 rings (SSSR count). The van der Waals surface area contributed by atoms with Gasteiger partial charge in [0.25, 0.3) is 5.91 Å². The van der Waals surface area contributed by atoms with Gasteiger partial charge in [0.15, 0.2) is 6.61 Å². The molecular weight excluding hydrogens is 320 g/mol. The molecule has 7 nitrogen and oxygen atoms in total. The van der Waals surface area contributed by atoms with E-state index in [2.05, 4.69) is 10.1 Å². The third kappa shape index (κ3) is 4.36. The molecular formula is C18H24N4O3. The van der Waals surface area contributed by atoms with E-state index < -0.39 is 0 Å². The van der Waals surface area contributed by atoms with Crippen LogP contribution in [-0.4, -0.2) is 40.6 Å². The molecule has 1 amide bonds. The molecule has 0 bridgehead atoms. The Morgan fingerprint density at radius 1 is 1.32 bits per heavy atom. The molecule has 2 aromatic rings. The number of hydrogen-bond donors (Lipinski definition) is 1. The van der Waals surface area contributed by atoms with Crippen LogP contribution in [0.1, 0.15) is 41.8 Å². The summed E-state index contributed by atoms with van der Waals surface area (Å²) in [6, 6.07) is 7.17. The fourth-order valence-electron chi connectivity index (χ4n) is 2.89. The topological polar surface area (TPSA) is 94.5 Å². The lowest BCUT2D eigenvalue weighted by atomic mass is 9.96.